The zero-order valence-corrected chi connectivity index (χ0v) is 13.3. The highest BCUT2D eigenvalue weighted by atomic mass is 35.5. The molecule has 0 aromatic carbocycles. The van der Waals surface area contributed by atoms with Gasteiger partial charge in [-0.2, -0.15) is 0 Å². The van der Waals surface area contributed by atoms with Gasteiger partial charge >= 0.3 is 0 Å². The van der Waals surface area contributed by atoms with Crippen molar-refractivity contribution in [1.29, 1.82) is 0 Å². The van der Waals surface area contributed by atoms with Crippen LogP contribution in [0, 0.1) is 5.41 Å². The van der Waals surface area contributed by atoms with Crippen LogP contribution in [0.4, 0.5) is 0 Å². The first-order chi connectivity index (χ1) is 8.38. The lowest BCUT2D eigenvalue weighted by molar-refractivity contribution is 0.0618. The Balaban J connectivity index is 2.73. The summed E-state index contributed by atoms with van der Waals surface area (Å²) in [5.41, 5.74) is 3.27. The molecular formula is C15H29ClN2. The number of rotatable bonds is 4. The van der Waals surface area contributed by atoms with Crippen molar-refractivity contribution in [2.75, 3.05) is 19.6 Å². The van der Waals surface area contributed by atoms with E-state index in [0.717, 1.165) is 19.6 Å². The third kappa shape index (κ3) is 4.56. The summed E-state index contributed by atoms with van der Waals surface area (Å²) in [4.78, 5) is 2.60. The third-order valence-corrected chi connectivity index (χ3v) is 4.14. The first-order valence-corrected chi connectivity index (χ1v) is 7.55. The van der Waals surface area contributed by atoms with Gasteiger partial charge < -0.3 is 5.32 Å². The second-order valence-electron chi connectivity index (χ2n) is 6.66. The maximum Gasteiger partial charge on any atom is 0.0273 e. The second kappa shape index (κ2) is 6.93. The van der Waals surface area contributed by atoms with Gasteiger partial charge in [0.1, 0.15) is 0 Å². The Kier molecular flexibility index (Phi) is 6.16. The molecule has 1 N–H and O–H groups in total. The molecule has 0 amide bonds. The molecule has 1 aliphatic heterocycles. The zero-order chi connectivity index (χ0) is 13.8. The topological polar surface area (TPSA) is 15.3 Å². The van der Waals surface area contributed by atoms with E-state index >= 15 is 0 Å². The van der Waals surface area contributed by atoms with E-state index in [1.807, 2.05) is 0 Å². The number of piperazine rings is 1. The Morgan fingerprint density at radius 1 is 1.44 bits per heavy atom. The van der Waals surface area contributed by atoms with Crippen LogP contribution in [0.3, 0.4) is 0 Å². The van der Waals surface area contributed by atoms with E-state index in [4.69, 9.17) is 11.6 Å². The minimum Gasteiger partial charge on any atom is -0.311 e. The van der Waals surface area contributed by atoms with Crippen molar-refractivity contribution in [3.63, 3.8) is 0 Å². The Bertz CT molecular complexity index is 281. The fourth-order valence-electron chi connectivity index (χ4n) is 2.81. The maximum absolute atomic E-state index is 5.83. The van der Waals surface area contributed by atoms with Gasteiger partial charge in [-0.3, -0.25) is 4.90 Å². The van der Waals surface area contributed by atoms with E-state index in [2.05, 4.69) is 44.8 Å². The van der Waals surface area contributed by atoms with Crippen molar-refractivity contribution in [3.05, 3.63) is 11.1 Å². The minimum absolute atomic E-state index is 0.302. The lowest BCUT2D eigenvalue weighted by Crippen LogP contribution is -2.60. The number of nitrogens with zero attached hydrogens (tertiary/aromatic N) is 1. The molecule has 0 aliphatic carbocycles. The fourth-order valence-corrected chi connectivity index (χ4v) is 2.88. The maximum atomic E-state index is 5.83. The summed E-state index contributed by atoms with van der Waals surface area (Å²) in [6, 6.07) is 1.22. The highest BCUT2D eigenvalue weighted by Gasteiger charge is 2.34. The normalized spacial score (nSPS) is 27.6. The Morgan fingerprint density at radius 2 is 2.11 bits per heavy atom. The summed E-state index contributed by atoms with van der Waals surface area (Å²) in [6.07, 6.45) is 2.51. The van der Waals surface area contributed by atoms with Gasteiger partial charge in [0.2, 0.25) is 0 Å². The molecule has 1 rings (SSSR count). The van der Waals surface area contributed by atoms with Crippen LogP contribution in [-0.4, -0.2) is 36.6 Å². The van der Waals surface area contributed by atoms with Gasteiger partial charge in [-0.1, -0.05) is 45.7 Å². The van der Waals surface area contributed by atoms with Crippen LogP contribution in [0.15, 0.2) is 11.1 Å². The van der Waals surface area contributed by atoms with E-state index in [0.29, 0.717) is 17.5 Å². The Morgan fingerprint density at radius 3 is 2.61 bits per heavy atom. The molecule has 0 saturated carbocycles. The third-order valence-electron chi connectivity index (χ3n) is 3.77. The predicted molar refractivity (Wildman–Crippen MR) is 81.1 cm³/mol. The monoisotopic (exact) mass is 272 g/mol. The van der Waals surface area contributed by atoms with Gasteiger partial charge in [0.05, 0.1) is 0 Å². The van der Waals surface area contributed by atoms with Crippen molar-refractivity contribution >= 4 is 11.6 Å². The average Bonchev–Trinajstić information content (AvgIpc) is 2.28. The molecule has 1 fully saturated rings. The van der Waals surface area contributed by atoms with Crippen LogP contribution < -0.4 is 5.32 Å². The van der Waals surface area contributed by atoms with Crippen molar-refractivity contribution in [1.82, 2.24) is 10.2 Å². The number of hydrogen-bond acceptors (Lipinski definition) is 2. The fraction of sp³-hybridized carbons (Fsp3) is 0.867. The molecule has 3 heteroatoms. The van der Waals surface area contributed by atoms with Gasteiger partial charge in [-0.15, -0.1) is 0 Å². The number of nitrogens with one attached hydrogen (secondary N) is 1. The van der Waals surface area contributed by atoms with Crippen LogP contribution in [0.1, 0.15) is 47.5 Å². The molecule has 0 radical (unpaired) electrons. The summed E-state index contributed by atoms with van der Waals surface area (Å²) in [6.45, 7) is 14.6. The summed E-state index contributed by atoms with van der Waals surface area (Å²) in [5, 5.41) is 3.70. The molecule has 1 aliphatic rings. The van der Waals surface area contributed by atoms with E-state index in [9.17, 15) is 0 Å². The lowest BCUT2D eigenvalue weighted by Gasteiger charge is -2.46. The highest BCUT2D eigenvalue weighted by molar-refractivity contribution is 6.25. The van der Waals surface area contributed by atoms with Gasteiger partial charge in [-0.05, 0) is 24.3 Å². The first-order valence-electron chi connectivity index (χ1n) is 7.11. The van der Waals surface area contributed by atoms with E-state index < -0.39 is 0 Å². The Hall–Kier alpha value is -0.0500. The van der Waals surface area contributed by atoms with Crippen molar-refractivity contribution in [3.8, 4) is 0 Å². The van der Waals surface area contributed by atoms with Gasteiger partial charge in [0.25, 0.3) is 0 Å². The Labute approximate surface area is 118 Å². The number of halogens is 1. The lowest BCUT2D eigenvalue weighted by atomic mass is 9.83. The summed E-state index contributed by atoms with van der Waals surface area (Å²) in [7, 11) is 0. The molecule has 18 heavy (non-hydrogen) atoms. The van der Waals surface area contributed by atoms with Crippen LogP contribution in [0.2, 0.25) is 0 Å². The molecule has 0 bridgehead atoms. The molecule has 0 spiro atoms. The summed E-state index contributed by atoms with van der Waals surface area (Å²) in [5.74, 6) is 0. The molecule has 1 heterocycles. The molecule has 2 atom stereocenters. The largest absolute Gasteiger partial charge is 0.311 e. The van der Waals surface area contributed by atoms with Crippen molar-refractivity contribution < 1.29 is 0 Å². The molecule has 106 valence electrons. The van der Waals surface area contributed by atoms with Gasteiger partial charge in [0.15, 0.2) is 0 Å². The molecule has 0 aromatic heterocycles. The van der Waals surface area contributed by atoms with Gasteiger partial charge in [0, 0.05) is 37.3 Å². The van der Waals surface area contributed by atoms with E-state index in [1.54, 1.807) is 5.54 Å². The SMILES string of the molecule is CCCC1CN(CC(C)=CCl)C(C(C)(C)C)CN1. The van der Waals surface area contributed by atoms with Crippen LogP contribution in [0.5, 0.6) is 0 Å². The predicted octanol–water partition coefficient (Wildman–Crippen LogP) is 3.62. The molecule has 2 unspecified atom stereocenters. The molecule has 1 saturated heterocycles. The smallest absolute Gasteiger partial charge is 0.0273 e. The zero-order valence-electron chi connectivity index (χ0n) is 12.6. The van der Waals surface area contributed by atoms with Gasteiger partial charge in [-0.25, -0.2) is 0 Å². The van der Waals surface area contributed by atoms with Crippen molar-refractivity contribution in [2.24, 2.45) is 5.41 Å². The van der Waals surface area contributed by atoms with Crippen LogP contribution in [-0.2, 0) is 0 Å². The molecule has 0 aromatic rings. The van der Waals surface area contributed by atoms with Crippen LogP contribution >= 0.6 is 11.6 Å². The van der Waals surface area contributed by atoms with Crippen molar-refractivity contribution in [2.45, 2.75) is 59.5 Å². The number of hydrogen-bond donors (Lipinski definition) is 1. The first kappa shape index (κ1) is 16.0. The average molecular weight is 273 g/mol. The molecular weight excluding hydrogens is 244 g/mol. The highest BCUT2D eigenvalue weighted by Crippen LogP contribution is 2.27. The standard InChI is InChI=1S/C15H29ClN2/c1-6-7-13-11-18(10-12(2)8-16)14(9-17-13)15(3,4)5/h8,13-14,17H,6-7,9-11H2,1-5H3. The summed E-state index contributed by atoms with van der Waals surface area (Å²) < 4.78 is 0. The van der Waals surface area contributed by atoms with E-state index in [1.165, 1.54) is 18.4 Å². The summed E-state index contributed by atoms with van der Waals surface area (Å²) >= 11 is 5.83. The quantitative estimate of drug-likeness (QED) is 0.841. The second-order valence-corrected chi connectivity index (χ2v) is 6.88. The molecule has 2 nitrogen and oxygen atoms in total. The van der Waals surface area contributed by atoms with Crippen LogP contribution in [0.25, 0.3) is 0 Å². The minimum atomic E-state index is 0.302. The van der Waals surface area contributed by atoms with E-state index in [-0.39, 0.29) is 0 Å².